The van der Waals surface area contributed by atoms with Gasteiger partial charge in [-0.15, -0.1) is 0 Å². The van der Waals surface area contributed by atoms with Crippen LogP contribution >= 0.6 is 0 Å². The number of hydrogen-bond acceptors (Lipinski definition) is 2. The van der Waals surface area contributed by atoms with Crippen molar-refractivity contribution >= 4 is 5.91 Å². The molecule has 0 aromatic heterocycles. The minimum atomic E-state index is 0.0854. The van der Waals surface area contributed by atoms with Crippen LogP contribution in [0.15, 0.2) is 0 Å². The molecule has 0 bridgehead atoms. The van der Waals surface area contributed by atoms with Crippen molar-refractivity contribution in [2.24, 2.45) is 11.8 Å². The first-order chi connectivity index (χ1) is 7.22. The van der Waals surface area contributed by atoms with Crippen LogP contribution in [0.1, 0.15) is 45.4 Å². The maximum atomic E-state index is 11.3. The Morgan fingerprint density at radius 2 is 2.27 bits per heavy atom. The third-order valence-electron chi connectivity index (χ3n) is 3.19. The van der Waals surface area contributed by atoms with Crippen molar-refractivity contribution in [1.29, 1.82) is 0 Å². The van der Waals surface area contributed by atoms with Gasteiger partial charge in [0.25, 0.3) is 0 Å². The first kappa shape index (κ1) is 12.5. The van der Waals surface area contributed by atoms with Gasteiger partial charge in [0.1, 0.15) is 0 Å². The zero-order valence-corrected chi connectivity index (χ0v) is 9.67. The Morgan fingerprint density at radius 1 is 1.47 bits per heavy atom. The molecule has 1 fully saturated rings. The Kier molecular flexibility index (Phi) is 5.69. The van der Waals surface area contributed by atoms with Crippen molar-refractivity contribution in [3.05, 3.63) is 0 Å². The van der Waals surface area contributed by atoms with Crippen LogP contribution in [0.25, 0.3) is 0 Å². The average Bonchev–Trinajstić information content (AvgIpc) is 2.23. The van der Waals surface area contributed by atoms with Gasteiger partial charge in [-0.25, -0.2) is 0 Å². The summed E-state index contributed by atoms with van der Waals surface area (Å²) in [5, 5.41) is 11.5. The van der Waals surface area contributed by atoms with Gasteiger partial charge in [-0.2, -0.15) is 0 Å². The van der Waals surface area contributed by atoms with E-state index in [2.05, 4.69) is 12.2 Å². The van der Waals surface area contributed by atoms with E-state index in [1.807, 2.05) is 0 Å². The Hall–Kier alpha value is -0.570. The Bertz CT molecular complexity index is 194. The molecule has 1 aliphatic carbocycles. The van der Waals surface area contributed by atoms with Gasteiger partial charge in [0.2, 0.25) is 5.91 Å². The molecule has 1 rings (SSSR count). The molecule has 2 atom stereocenters. The zero-order valence-electron chi connectivity index (χ0n) is 9.67. The average molecular weight is 213 g/mol. The Labute approximate surface area is 92.3 Å². The van der Waals surface area contributed by atoms with Gasteiger partial charge in [0, 0.05) is 19.6 Å². The van der Waals surface area contributed by atoms with Crippen LogP contribution in [0.3, 0.4) is 0 Å². The van der Waals surface area contributed by atoms with Gasteiger partial charge in [0.05, 0.1) is 0 Å². The summed E-state index contributed by atoms with van der Waals surface area (Å²) >= 11 is 0. The summed E-state index contributed by atoms with van der Waals surface area (Å²) in [6, 6.07) is 0. The second-order valence-electron chi connectivity index (χ2n) is 4.77. The molecule has 0 spiro atoms. The lowest BCUT2D eigenvalue weighted by Gasteiger charge is -2.26. The molecule has 1 amide bonds. The van der Waals surface area contributed by atoms with Crippen LogP contribution in [0.4, 0.5) is 0 Å². The van der Waals surface area contributed by atoms with Crippen molar-refractivity contribution in [1.82, 2.24) is 5.32 Å². The molecule has 2 unspecified atom stereocenters. The van der Waals surface area contributed by atoms with Crippen molar-refractivity contribution in [2.45, 2.75) is 45.4 Å². The standard InChI is InChI=1S/C12H23NO2/c1-10-4-2-5-11(8-10)9-13-12(15)6-3-7-14/h10-11,14H,2-9H2,1H3,(H,13,15). The normalized spacial score (nSPS) is 26.3. The van der Waals surface area contributed by atoms with E-state index in [1.165, 1.54) is 25.7 Å². The van der Waals surface area contributed by atoms with E-state index in [0.29, 0.717) is 18.8 Å². The first-order valence-corrected chi connectivity index (χ1v) is 6.10. The lowest BCUT2D eigenvalue weighted by Crippen LogP contribution is -2.31. The quantitative estimate of drug-likeness (QED) is 0.730. The van der Waals surface area contributed by atoms with Crippen LogP contribution < -0.4 is 5.32 Å². The van der Waals surface area contributed by atoms with Crippen LogP contribution in [0, 0.1) is 11.8 Å². The van der Waals surface area contributed by atoms with Crippen LogP contribution in [-0.4, -0.2) is 24.2 Å². The molecule has 3 nitrogen and oxygen atoms in total. The van der Waals surface area contributed by atoms with E-state index < -0.39 is 0 Å². The van der Waals surface area contributed by atoms with E-state index in [9.17, 15) is 4.79 Å². The minimum Gasteiger partial charge on any atom is -0.396 e. The predicted molar refractivity (Wildman–Crippen MR) is 60.5 cm³/mol. The molecule has 0 radical (unpaired) electrons. The highest BCUT2D eigenvalue weighted by atomic mass is 16.3. The van der Waals surface area contributed by atoms with Crippen molar-refractivity contribution in [2.75, 3.05) is 13.2 Å². The third-order valence-corrected chi connectivity index (χ3v) is 3.19. The second kappa shape index (κ2) is 6.83. The highest BCUT2D eigenvalue weighted by Crippen LogP contribution is 2.27. The van der Waals surface area contributed by atoms with Gasteiger partial charge in [-0.05, 0) is 31.1 Å². The van der Waals surface area contributed by atoms with Gasteiger partial charge in [-0.3, -0.25) is 4.79 Å². The van der Waals surface area contributed by atoms with Crippen molar-refractivity contribution in [3.8, 4) is 0 Å². The van der Waals surface area contributed by atoms with Crippen LogP contribution in [0.5, 0.6) is 0 Å². The first-order valence-electron chi connectivity index (χ1n) is 6.10. The van der Waals surface area contributed by atoms with Gasteiger partial charge in [0.15, 0.2) is 0 Å². The van der Waals surface area contributed by atoms with Gasteiger partial charge >= 0.3 is 0 Å². The number of hydrogen-bond donors (Lipinski definition) is 2. The van der Waals surface area contributed by atoms with Crippen LogP contribution in [-0.2, 0) is 4.79 Å². The summed E-state index contributed by atoms with van der Waals surface area (Å²) < 4.78 is 0. The highest BCUT2D eigenvalue weighted by molar-refractivity contribution is 5.75. The molecule has 1 aliphatic rings. The molecule has 3 heteroatoms. The van der Waals surface area contributed by atoms with Crippen molar-refractivity contribution in [3.63, 3.8) is 0 Å². The summed E-state index contributed by atoms with van der Waals surface area (Å²) in [4.78, 5) is 11.3. The zero-order chi connectivity index (χ0) is 11.1. The lowest BCUT2D eigenvalue weighted by atomic mass is 9.82. The fourth-order valence-electron chi connectivity index (χ4n) is 2.33. The fourth-order valence-corrected chi connectivity index (χ4v) is 2.33. The Morgan fingerprint density at radius 3 is 2.93 bits per heavy atom. The minimum absolute atomic E-state index is 0.0854. The maximum absolute atomic E-state index is 11.3. The van der Waals surface area contributed by atoms with E-state index in [-0.39, 0.29) is 12.5 Å². The van der Waals surface area contributed by atoms with Gasteiger partial charge < -0.3 is 10.4 Å². The Balaban J connectivity index is 2.10. The van der Waals surface area contributed by atoms with E-state index >= 15 is 0 Å². The van der Waals surface area contributed by atoms with Crippen LogP contribution in [0.2, 0.25) is 0 Å². The highest BCUT2D eigenvalue weighted by Gasteiger charge is 2.18. The number of aliphatic hydroxyl groups excluding tert-OH is 1. The van der Waals surface area contributed by atoms with Gasteiger partial charge in [-0.1, -0.05) is 19.8 Å². The molecule has 88 valence electrons. The third kappa shape index (κ3) is 5.17. The topological polar surface area (TPSA) is 49.3 Å². The molecule has 1 saturated carbocycles. The number of rotatable bonds is 5. The number of carbonyl (C=O) groups excluding carboxylic acids is 1. The molecular weight excluding hydrogens is 190 g/mol. The summed E-state index contributed by atoms with van der Waals surface area (Å²) in [5.41, 5.74) is 0. The van der Waals surface area contributed by atoms with E-state index in [4.69, 9.17) is 5.11 Å². The lowest BCUT2D eigenvalue weighted by molar-refractivity contribution is -0.121. The van der Waals surface area contributed by atoms with E-state index in [1.54, 1.807) is 0 Å². The molecule has 0 aromatic carbocycles. The fraction of sp³-hybridized carbons (Fsp3) is 0.917. The largest absolute Gasteiger partial charge is 0.396 e. The summed E-state index contributed by atoms with van der Waals surface area (Å²) in [5.74, 6) is 1.58. The maximum Gasteiger partial charge on any atom is 0.220 e. The predicted octanol–water partition coefficient (Wildman–Crippen LogP) is 1.70. The smallest absolute Gasteiger partial charge is 0.220 e. The molecule has 0 heterocycles. The molecule has 15 heavy (non-hydrogen) atoms. The van der Waals surface area contributed by atoms with Crippen molar-refractivity contribution < 1.29 is 9.90 Å². The monoisotopic (exact) mass is 213 g/mol. The second-order valence-corrected chi connectivity index (χ2v) is 4.77. The summed E-state index contributed by atoms with van der Waals surface area (Å²) in [7, 11) is 0. The molecular formula is C12H23NO2. The number of aliphatic hydroxyl groups is 1. The molecule has 2 N–H and O–H groups in total. The number of amides is 1. The summed E-state index contributed by atoms with van der Waals surface area (Å²) in [6.45, 7) is 3.22. The summed E-state index contributed by atoms with van der Waals surface area (Å²) in [6.07, 6.45) is 6.18. The number of carbonyl (C=O) groups is 1. The van der Waals surface area contributed by atoms with E-state index in [0.717, 1.165) is 12.5 Å². The SMILES string of the molecule is CC1CCCC(CNC(=O)CCCO)C1. The number of nitrogens with one attached hydrogen (secondary N) is 1. The molecule has 0 aromatic rings. The molecule has 0 aliphatic heterocycles. The molecule has 0 saturated heterocycles.